The number of carbonyl (C=O) groups excluding carboxylic acids is 1. The normalized spacial score (nSPS) is 16.9. The van der Waals surface area contributed by atoms with Crippen molar-refractivity contribution in [1.82, 2.24) is 19.8 Å². The molecule has 0 saturated carbocycles. The van der Waals surface area contributed by atoms with Gasteiger partial charge in [0.1, 0.15) is 0 Å². The highest BCUT2D eigenvalue weighted by Crippen LogP contribution is 2.11. The molecule has 1 heterocycles. The monoisotopic (exact) mass is 395 g/mol. The molecular weight excluding hydrogens is 366 g/mol. The van der Waals surface area contributed by atoms with Crippen LogP contribution in [-0.4, -0.2) is 75.5 Å². The van der Waals surface area contributed by atoms with Crippen LogP contribution in [-0.2, 0) is 16.6 Å². The molecule has 2 N–H and O–H groups in total. The Balaban J connectivity index is 1.90. The Labute approximate surface area is 161 Å². The van der Waals surface area contributed by atoms with Gasteiger partial charge in [-0.2, -0.15) is 0 Å². The van der Waals surface area contributed by atoms with E-state index >= 15 is 0 Å². The second-order valence-electron chi connectivity index (χ2n) is 6.59. The van der Waals surface area contributed by atoms with Crippen LogP contribution in [0.15, 0.2) is 29.3 Å². The first kappa shape index (κ1) is 21.2. The van der Waals surface area contributed by atoms with Crippen molar-refractivity contribution < 1.29 is 13.2 Å². The Kier molecular flexibility index (Phi) is 7.61. The topological polar surface area (TPSA) is 94.1 Å². The third-order valence-corrected chi connectivity index (χ3v) is 6.18. The molecule has 9 heteroatoms. The first-order chi connectivity index (χ1) is 12.8. The smallest absolute Gasteiger partial charge is 0.253 e. The van der Waals surface area contributed by atoms with Crippen molar-refractivity contribution in [1.29, 1.82) is 0 Å². The highest BCUT2D eigenvalue weighted by molar-refractivity contribution is 7.89. The van der Waals surface area contributed by atoms with E-state index in [1.165, 1.54) is 4.31 Å². The van der Waals surface area contributed by atoms with Crippen LogP contribution in [0.3, 0.4) is 0 Å². The molecule has 0 radical (unpaired) electrons. The van der Waals surface area contributed by atoms with Gasteiger partial charge >= 0.3 is 0 Å². The summed E-state index contributed by atoms with van der Waals surface area (Å²) in [7, 11) is 0.381. The van der Waals surface area contributed by atoms with Crippen molar-refractivity contribution in [2.45, 2.75) is 19.9 Å². The molecule has 0 aromatic heterocycles. The third kappa shape index (κ3) is 6.21. The summed E-state index contributed by atoms with van der Waals surface area (Å²) in [5.41, 5.74) is 1.63. The van der Waals surface area contributed by atoms with E-state index in [1.54, 1.807) is 31.1 Å². The molecule has 1 saturated heterocycles. The zero-order valence-corrected chi connectivity index (χ0v) is 17.1. The van der Waals surface area contributed by atoms with E-state index in [1.807, 2.05) is 19.1 Å². The molecular formula is C18H29N5O3S. The van der Waals surface area contributed by atoms with Crippen molar-refractivity contribution in [3.05, 3.63) is 35.4 Å². The lowest BCUT2D eigenvalue weighted by Gasteiger charge is -2.16. The molecule has 0 atom stereocenters. The molecule has 1 aromatic rings. The van der Waals surface area contributed by atoms with Gasteiger partial charge in [0.25, 0.3) is 5.91 Å². The van der Waals surface area contributed by atoms with Gasteiger partial charge < -0.3 is 15.5 Å². The van der Waals surface area contributed by atoms with Gasteiger partial charge in [0.15, 0.2) is 5.96 Å². The Bertz CT molecular complexity index is 760. The van der Waals surface area contributed by atoms with Crippen LogP contribution >= 0.6 is 0 Å². The maximum absolute atomic E-state index is 11.9. The van der Waals surface area contributed by atoms with Gasteiger partial charge in [-0.25, -0.2) is 17.7 Å². The van der Waals surface area contributed by atoms with Crippen LogP contribution in [0.2, 0.25) is 0 Å². The standard InChI is InChI=1S/C18H29N5O3S/c1-4-19-18(20-10-12-23-11-5-13-27(23,25)26)21-14-15-6-8-16(9-7-15)17(24)22(2)3/h6-9H,4-5,10-14H2,1-3H3,(H2,19,20,21). The number of hydrogen-bond acceptors (Lipinski definition) is 4. The van der Waals surface area contributed by atoms with Crippen molar-refractivity contribution >= 4 is 21.9 Å². The number of guanidine groups is 1. The predicted octanol–water partition coefficient (Wildman–Crippen LogP) is 0.479. The van der Waals surface area contributed by atoms with Crippen molar-refractivity contribution in [3.8, 4) is 0 Å². The second-order valence-corrected chi connectivity index (χ2v) is 8.68. The van der Waals surface area contributed by atoms with Crippen LogP contribution in [0.25, 0.3) is 0 Å². The molecule has 1 aromatic carbocycles. The van der Waals surface area contributed by atoms with E-state index in [4.69, 9.17) is 0 Å². The fourth-order valence-electron chi connectivity index (χ4n) is 2.76. The highest BCUT2D eigenvalue weighted by atomic mass is 32.2. The van der Waals surface area contributed by atoms with E-state index in [-0.39, 0.29) is 11.7 Å². The summed E-state index contributed by atoms with van der Waals surface area (Å²) in [6, 6.07) is 7.37. The lowest BCUT2D eigenvalue weighted by Crippen LogP contribution is -2.42. The number of rotatable bonds is 7. The fourth-order valence-corrected chi connectivity index (χ4v) is 4.29. The molecule has 0 bridgehead atoms. The number of benzene rings is 1. The van der Waals surface area contributed by atoms with Crippen molar-refractivity contribution in [2.75, 3.05) is 46.0 Å². The molecule has 8 nitrogen and oxygen atoms in total. The van der Waals surface area contributed by atoms with E-state index < -0.39 is 10.0 Å². The van der Waals surface area contributed by atoms with Gasteiger partial charge in [-0.05, 0) is 31.0 Å². The molecule has 27 heavy (non-hydrogen) atoms. The molecule has 150 valence electrons. The zero-order chi connectivity index (χ0) is 19.9. The summed E-state index contributed by atoms with van der Waals surface area (Å²) < 4.78 is 25.2. The van der Waals surface area contributed by atoms with Gasteiger partial charge in [-0.1, -0.05) is 12.1 Å². The number of sulfonamides is 1. The minimum atomic E-state index is -3.07. The van der Waals surface area contributed by atoms with Gasteiger partial charge in [-0.15, -0.1) is 0 Å². The van der Waals surface area contributed by atoms with Crippen LogP contribution in [0.5, 0.6) is 0 Å². The number of nitrogens with one attached hydrogen (secondary N) is 2. The van der Waals surface area contributed by atoms with E-state index in [9.17, 15) is 13.2 Å². The predicted molar refractivity (Wildman–Crippen MR) is 107 cm³/mol. The van der Waals surface area contributed by atoms with Crippen molar-refractivity contribution in [3.63, 3.8) is 0 Å². The molecule has 0 aliphatic carbocycles. The first-order valence-corrected chi connectivity index (χ1v) is 10.7. The molecule has 0 spiro atoms. The molecule has 1 amide bonds. The average molecular weight is 396 g/mol. The number of amides is 1. The molecule has 1 fully saturated rings. The molecule has 0 unspecified atom stereocenters. The number of aliphatic imine (C=N–C) groups is 1. The van der Waals surface area contributed by atoms with Gasteiger partial charge in [0.2, 0.25) is 10.0 Å². The summed E-state index contributed by atoms with van der Waals surface area (Å²) in [4.78, 5) is 18.0. The van der Waals surface area contributed by atoms with Gasteiger partial charge in [0.05, 0.1) is 12.3 Å². The summed E-state index contributed by atoms with van der Waals surface area (Å²) in [5.74, 6) is 0.854. The van der Waals surface area contributed by atoms with Crippen LogP contribution in [0.1, 0.15) is 29.3 Å². The largest absolute Gasteiger partial charge is 0.357 e. The Hall–Kier alpha value is -2.13. The van der Waals surface area contributed by atoms with E-state index in [2.05, 4.69) is 15.6 Å². The van der Waals surface area contributed by atoms with E-state index in [0.717, 1.165) is 5.56 Å². The minimum Gasteiger partial charge on any atom is -0.357 e. The summed E-state index contributed by atoms with van der Waals surface area (Å²) in [6.07, 6.45) is 0.697. The maximum atomic E-state index is 11.9. The highest BCUT2D eigenvalue weighted by Gasteiger charge is 2.27. The summed E-state index contributed by atoms with van der Waals surface area (Å²) >= 11 is 0. The van der Waals surface area contributed by atoms with Crippen LogP contribution in [0, 0.1) is 0 Å². The lowest BCUT2D eigenvalue weighted by atomic mass is 10.1. The number of nitrogens with zero attached hydrogens (tertiary/aromatic N) is 3. The van der Waals surface area contributed by atoms with Crippen LogP contribution in [0.4, 0.5) is 0 Å². The molecule has 1 aliphatic heterocycles. The Morgan fingerprint density at radius 1 is 1.22 bits per heavy atom. The summed E-state index contributed by atoms with van der Waals surface area (Å²) in [6.45, 7) is 4.69. The third-order valence-electron chi connectivity index (χ3n) is 4.23. The maximum Gasteiger partial charge on any atom is 0.253 e. The number of carbonyl (C=O) groups is 1. The first-order valence-electron chi connectivity index (χ1n) is 9.14. The minimum absolute atomic E-state index is 0.0306. The Morgan fingerprint density at radius 3 is 2.48 bits per heavy atom. The Morgan fingerprint density at radius 2 is 1.93 bits per heavy atom. The molecule has 1 aliphatic rings. The molecule has 2 rings (SSSR count). The zero-order valence-electron chi connectivity index (χ0n) is 16.2. The average Bonchev–Trinajstić information content (AvgIpc) is 2.97. The summed E-state index contributed by atoms with van der Waals surface area (Å²) in [5, 5.41) is 6.33. The fraction of sp³-hybridized carbons (Fsp3) is 0.556. The van der Waals surface area contributed by atoms with Gasteiger partial charge in [0, 0.05) is 45.8 Å². The lowest BCUT2D eigenvalue weighted by molar-refractivity contribution is 0.0827. The quantitative estimate of drug-likeness (QED) is 0.517. The SMILES string of the molecule is CCNC(=NCc1ccc(C(=O)N(C)C)cc1)NCCN1CCCS1(=O)=O. The number of hydrogen-bond donors (Lipinski definition) is 2. The van der Waals surface area contributed by atoms with Crippen LogP contribution < -0.4 is 10.6 Å². The van der Waals surface area contributed by atoms with Gasteiger partial charge in [-0.3, -0.25) is 4.79 Å². The van der Waals surface area contributed by atoms with E-state index in [0.29, 0.717) is 50.7 Å². The second kappa shape index (κ2) is 9.70. The van der Waals surface area contributed by atoms with Crippen molar-refractivity contribution in [2.24, 2.45) is 4.99 Å².